The van der Waals surface area contributed by atoms with Gasteiger partial charge in [0.15, 0.2) is 0 Å². The van der Waals surface area contributed by atoms with Crippen LogP contribution in [0.5, 0.6) is 11.5 Å². The first kappa shape index (κ1) is 12.9. The van der Waals surface area contributed by atoms with Crippen molar-refractivity contribution in [2.24, 2.45) is 5.92 Å². The van der Waals surface area contributed by atoms with Crippen LogP contribution in [0.4, 0.5) is 0 Å². The van der Waals surface area contributed by atoms with E-state index in [2.05, 4.69) is 20.8 Å². The molecule has 0 atom stereocenters. The number of aryl methyl sites for hydroxylation is 1. The van der Waals surface area contributed by atoms with Gasteiger partial charge in [-0.2, -0.15) is 0 Å². The summed E-state index contributed by atoms with van der Waals surface area (Å²) < 4.78 is 11.4. The van der Waals surface area contributed by atoms with Crippen LogP contribution in [0.3, 0.4) is 0 Å². The van der Waals surface area contributed by atoms with Crippen molar-refractivity contribution < 1.29 is 9.47 Å². The first-order chi connectivity index (χ1) is 7.47. The van der Waals surface area contributed by atoms with Gasteiger partial charge in [-0.15, -0.1) is 0 Å². The fourth-order valence-electron chi connectivity index (χ4n) is 1.40. The van der Waals surface area contributed by atoms with Crippen molar-refractivity contribution in [2.75, 3.05) is 6.61 Å². The standard InChI is InChI=1S/C14H22O2/c1-10(2)9-15-13-6-12(5)7-14(8-13)16-11(3)4/h6-8,10-11H,9H2,1-5H3. The average Bonchev–Trinajstić information content (AvgIpc) is 2.12. The van der Waals surface area contributed by atoms with Gasteiger partial charge in [-0.3, -0.25) is 0 Å². The molecule has 0 radical (unpaired) electrons. The molecule has 0 aromatic heterocycles. The minimum absolute atomic E-state index is 0.194. The molecule has 0 aliphatic carbocycles. The SMILES string of the molecule is Cc1cc(OCC(C)C)cc(OC(C)C)c1. The van der Waals surface area contributed by atoms with Crippen LogP contribution < -0.4 is 9.47 Å². The summed E-state index contributed by atoms with van der Waals surface area (Å²) in [5.74, 6) is 2.31. The maximum Gasteiger partial charge on any atom is 0.123 e. The molecule has 0 unspecified atom stereocenters. The van der Waals surface area contributed by atoms with E-state index in [9.17, 15) is 0 Å². The summed E-state index contributed by atoms with van der Waals surface area (Å²) in [4.78, 5) is 0. The van der Waals surface area contributed by atoms with E-state index in [0.29, 0.717) is 5.92 Å². The Kier molecular flexibility index (Phi) is 4.66. The Morgan fingerprint density at radius 3 is 2.19 bits per heavy atom. The quantitative estimate of drug-likeness (QED) is 0.754. The second-order valence-corrected chi connectivity index (χ2v) is 4.85. The molecule has 1 aromatic rings. The molecule has 1 rings (SSSR count). The van der Waals surface area contributed by atoms with Crippen molar-refractivity contribution in [1.82, 2.24) is 0 Å². The van der Waals surface area contributed by atoms with Crippen LogP contribution in [0, 0.1) is 12.8 Å². The lowest BCUT2D eigenvalue weighted by atomic mass is 10.2. The largest absolute Gasteiger partial charge is 0.493 e. The highest BCUT2D eigenvalue weighted by Crippen LogP contribution is 2.23. The van der Waals surface area contributed by atoms with Gasteiger partial charge in [0, 0.05) is 6.07 Å². The van der Waals surface area contributed by atoms with Gasteiger partial charge in [0.2, 0.25) is 0 Å². The molecule has 0 aliphatic heterocycles. The number of hydrogen-bond acceptors (Lipinski definition) is 2. The summed E-state index contributed by atoms with van der Waals surface area (Å²) >= 11 is 0. The van der Waals surface area contributed by atoms with Crippen molar-refractivity contribution in [2.45, 2.75) is 40.7 Å². The Hall–Kier alpha value is -1.18. The number of benzene rings is 1. The van der Waals surface area contributed by atoms with Crippen molar-refractivity contribution in [3.05, 3.63) is 23.8 Å². The molecule has 0 aliphatic rings. The molecule has 2 heteroatoms. The molecular formula is C14H22O2. The summed E-state index contributed by atoms with van der Waals surface area (Å²) in [5, 5.41) is 0. The predicted octanol–water partition coefficient (Wildman–Crippen LogP) is 3.82. The van der Waals surface area contributed by atoms with E-state index in [1.165, 1.54) is 0 Å². The Balaban J connectivity index is 2.73. The van der Waals surface area contributed by atoms with Gasteiger partial charge >= 0.3 is 0 Å². The normalized spacial score (nSPS) is 10.9. The maximum atomic E-state index is 5.69. The lowest BCUT2D eigenvalue weighted by molar-refractivity contribution is 0.237. The predicted molar refractivity (Wildman–Crippen MR) is 67.3 cm³/mol. The third-order valence-electron chi connectivity index (χ3n) is 1.98. The van der Waals surface area contributed by atoms with Crippen LogP contribution in [-0.2, 0) is 0 Å². The summed E-state index contributed by atoms with van der Waals surface area (Å²) in [6.07, 6.45) is 0.194. The summed E-state index contributed by atoms with van der Waals surface area (Å²) in [5.41, 5.74) is 1.16. The van der Waals surface area contributed by atoms with Crippen molar-refractivity contribution in [3.63, 3.8) is 0 Å². The van der Waals surface area contributed by atoms with Crippen molar-refractivity contribution >= 4 is 0 Å². The van der Waals surface area contributed by atoms with E-state index >= 15 is 0 Å². The van der Waals surface area contributed by atoms with Crippen LogP contribution in [-0.4, -0.2) is 12.7 Å². The van der Waals surface area contributed by atoms with Gasteiger partial charge in [-0.1, -0.05) is 13.8 Å². The highest BCUT2D eigenvalue weighted by Gasteiger charge is 2.03. The van der Waals surface area contributed by atoms with E-state index in [0.717, 1.165) is 23.7 Å². The lowest BCUT2D eigenvalue weighted by Gasteiger charge is -2.14. The maximum absolute atomic E-state index is 5.69. The molecule has 1 aromatic carbocycles. The monoisotopic (exact) mass is 222 g/mol. The molecule has 90 valence electrons. The third-order valence-corrected chi connectivity index (χ3v) is 1.98. The molecule has 0 saturated carbocycles. The Bertz CT molecular complexity index is 330. The smallest absolute Gasteiger partial charge is 0.123 e. The van der Waals surface area contributed by atoms with E-state index in [1.54, 1.807) is 0 Å². The zero-order valence-electron chi connectivity index (χ0n) is 10.9. The molecule has 0 spiro atoms. The molecule has 0 fully saturated rings. The number of ether oxygens (including phenoxy) is 2. The fraction of sp³-hybridized carbons (Fsp3) is 0.571. The minimum Gasteiger partial charge on any atom is -0.493 e. The first-order valence-corrected chi connectivity index (χ1v) is 5.88. The molecule has 0 saturated heterocycles. The zero-order valence-corrected chi connectivity index (χ0v) is 10.9. The van der Waals surface area contributed by atoms with Crippen LogP contribution in [0.25, 0.3) is 0 Å². The Labute approximate surface area is 98.6 Å². The molecule has 2 nitrogen and oxygen atoms in total. The van der Waals surface area contributed by atoms with Crippen LogP contribution in [0.1, 0.15) is 33.3 Å². The molecular weight excluding hydrogens is 200 g/mol. The van der Waals surface area contributed by atoms with Crippen LogP contribution in [0.2, 0.25) is 0 Å². The van der Waals surface area contributed by atoms with E-state index in [-0.39, 0.29) is 6.10 Å². The van der Waals surface area contributed by atoms with Gasteiger partial charge in [-0.25, -0.2) is 0 Å². The second kappa shape index (κ2) is 5.78. The van der Waals surface area contributed by atoms with Gasteiger partial charge in [0.05, 0.1) is 12.7 Å². The molecule has 0 N–H and O–H groups in total. The summed E-state index contributed by atoms with van der Waals surface area (Å²) in [6.45, 7) is 11.1. The summed E-state index contributed by atoms with van der Waals surface area (Å²) in [7, 11) is 0. The second-order valence-electron chi connectivity index (χ2n) is 4.85. The highest BCUT2D eigenvalue weighted by atomic mass is 16.5. The van der Waals surface area contributed by atoms with Gasteiger partial charge < -0.3 is 9.47 Å². The number of rotatable bonds is 5. The van der Waals surface area contributed by atoms with Crippen LogP contribution >= 0.6 is 0 Å². The molecule has 0 bridgehead atoms. The van der Waals surface area contributed by atoms with E-state index in [4.69, 9.17) is 9.47 Å². The molecule has 0 amide bonds. The van der Waals surface area contributed by atoms with Crippen molar-refractivity contribution in [3.8, 4) is 11.5 Å². The fourth-order valence-corrected chi connectivity index (χ4v) is 1.40. The van der Waals surface area contributed by atoms with Gasteiger partial charge in [-0.05, 0) is 44.4 Å². The Morgan fingerprint density at radius 2 is 1.62 bits per heavy atom. The third kappa shape index (κ3) is 4.56. The average molecular weight is 222 g/mol. The number of hydrogen-bond donors (Lipinski definition) is 0. The van der Waals surface area contributed by atoms with Crippen molar-refractivity contribution in [1.29, 1.82) is 0 Å². The zero-order chi connectivity index (χ0) is 12.1. The minimum atomic E-state index is 0.194. The van der Waals surface area contributed by atoms with E-state index in [1.807, 2.05) is 32.0 Å². The van der Waals surface area contributed by atoms with Gasteiger partial charge in [0.1, 0.15) is 11.5 Å². The molecule has 16 heavy (non-hydrogen) atoms. The highest BCUT2D eigenvalue weighted by molar-refractivity contribution is 5.37. The summed E-state index contributed by atoms with van der Waals surface area (Å²) in [6, 6.07) is 6.02. The Morgan fingerprint density at radius 1 is 1.00 bits per heavy atom. The van der Waals surface area contributed by atoms with E-state index < -0.39 is 0 Å². The lowest BCUT2D eigenvalue weighted by Crippen LogP contribution is -2.07. The molecule has 0 heterocycles. The van der Waals surface area contributed by atoms with Gasteiger partial charge in [0.25, 0.3) is 0 Å². The topological polar surface area (TPSA) is 18.5 Å². The first-order valence-electron chi connectivity index (χ1n) is 5.88. The van der Waals surface area contributed by atoms with Crippen LogP contribution in [0.15, 0.2) is 18.2 Å².